The molecule has 1 aromatic heterocycles. The molecule has 1 aliphatic rings. The zero-order valence-corrected chi connectivity index (χ0v) is 12.7. The van der Waals surface area contributed by atoms with Crippen molar-refractivity contribution in [1.29, 1.82) is 0 Å². The number of likely N-dealkylation sites (N-methyl/N-ethyl adjacent to an activating group) is 2. The lowest BCUT2D eigenvalue weighted by Gasteiger charge is -2.49. The molecule has 0 unspecified atom stereocenters. The fourth-order valence-corrected chi connectivity index (χ4v) is 3.37. The van der Waals surface area contributed by atoms with Gasteiger partial charge in [-0.05, 0) is 40.4 Å². The van der Waals surface area contributed by atoms with Gasteiger partial charge >= 0.3 is 0 Å². The summed E-state index contributed by atoms with van der Waals surface area (Å²) in [6, 6.07) is 0. The van der Waals surface area contributed by atoms with Crippen molar-refractivity contribution in [3.05, 3.63) is 11.1 Å². The Balaban J connectivity index is 2.00. The first kappa shape index (κ1) is 13.8. The molecule has 102 valence electrons. The standard InChI is InChI=1S/C13H24N4S/c1-14-8-11-9-18-12(15-11)17(4)10-13(16(2)3)6-5-7-13/h9,14H,5-8,10H2,1-4H3. The molecule has 5 heteroatoms. The second-order valence-corrected chi connectivity index (χ2v) is 6.32. The Morgan fingerprint density at radius 3 is 2.61 bits per heavy atom. The summed E-state index contributed by atoms with van der Waals surface area (Å²) in [6.07, 6.45) is 3.97. The Morgan fingerprint density at radius 2 is 2.11 bits per heavy atom. The second kappa shape index (κ2) is 5.55. The maximum Gasteiger partial charge on any atom is 0.185 e. The molecule has 0 bridgehead atoms. The van der Waals surface area contributed by atoms with Gasteiger partial charge in [0, 0.05) is 31.1 Å². The highest BCUT2D eigenvalue weighted by Gasteiger charge is 2.40. The molecule has 0 spiro atoms. The molecular formula is C13H24N4S. The predicted octanol–water partition coefficient (Wildman–Crippen LogP) is 1.78. The summed E-state index contributed by atoms with van der Waals surface area (Å²) < 4.78 is 0. The molecule has 1 N–H and O–H groups in total. The van der Waals surface area contributed by atoms with Gasteiger partial charge in [-0.3, -0.25) is 0 Å². The Bertz CT molecular complexity index is 384. The van der Waals surface area contributed by atoms with Gasteiger partial charge in [-0.1, -0.05) is 0 Å². The van der Waals surface area contributed by atoms with Gasteiger partial charge in [-0.2, -0.15) is 0 Å². The lowest BCUT2D eigenvalue weighted by atomic mass is 9.75. The minimum Gasteiger partial charge on any atom is -0.349 e. The third kappa shape index (κ3) is 2.68. The molecule has 0 aliphatic heterocycles. The van der Waals surface area contributed by atoms with Crippen LogP contribution in [0.1, 0.15) is 25.0 Å². The lowest BCUT2D eigenvalue weighted by molar-refractivity contribution is 0.0683. The predicted molar refractivity (Wildman–Crippen MR) is 78.4 cm³/mol. The van der Waals surface area contributed by atoms with E-state index in [1.807, 2.05) is 7.05 Å². The topological polar surface area (TPSA) is 31.4 Å². The summed E-state index contributed by atoms with van der Waals surface area (Å²) in [4.78, 5) is 9.36. The summed E-state index contributed by atoms with van der Waals surface area (Å²) in [5.41, 5.74) is 1.50. The third-order valence-electron chi connectivity index (χ3n) is 3.99. The van der Waals surface area contributed by atoms with E-state index in [9.17, 15) is 0 Å². The first-order chi connectivity index (χ1) is 8.57. The molecule has 1 heterocycles. The molecule has 1 aromatic rings. The molecule has 0 aromatic carbocycles. The van der Waals surface area contributed by atoms with Gasteiger partial charge in [0.05, 0.1) is 5.69 Å². The summed E-state index contributed by atoms with van der Waals surface area (Å²) in [6.45, 7) is 1.93. The Labute approximate surface area is 114 Å². The smallest absolute Gasteiger partial charge is 0.185 e. The van der Waals surface area contributed by atoms with Crippen molar-refractivity contribution in [3.63, 3.8) is 0 Å². The zero-order valence-electron chi connectivity index (χ0n) is 11.9. The number of nitrogens with zero attached hydrogens (tertiary/aromatic N) is 3. The minimum atomic E-state index is 0.365. The fraction of sp³-hybridized carbons (Fsp3) is 0.769. The fourth-order valence-electron chi connectivity index (χ4n) is 2.57. The van der Waals surface area contributed by atoms with Crippen LogP contribution in [0.3, 0.4) is 0 Å². The number of rotatable bonds is 6. The second-order valence-electron chi connectivity index (χ2n) is 5.48. The van der Waals surface area contributed by atoms with Gasteiger partial charge in [-0.25, -0.2) is 4.98 Å². The van der Waals surface area contributed by atoms with Gasteiger partial charge in [0.2, 0.25) is 0 Å². The number of aromatic nitrogens is 1. The summed E-state index contributed by atoms with van der Waals surface area (Å²) in [5.74, 6) is 0. The van der Waals surface area contributed by atoms with Gasteiger partial charge in [0.1, 0.15) is 0 Å². The van der Waals surface area contributed by atoms with Gasteiger partial charge < -0.3 is 15.1 Å². The number of anilines is 1. The van der Waals surface area contributed by atoms with Crippen LogP contribution in [0, 0.1) is 0 Å². The molecule has 2 rings (SSSR count). The SMILES string of the molecule is CNCc1csc(N(C)CC2(N(C)C)CCC2)n1. The molecule has 1 fully saturated rings. The summed E-state index contributed by atoms with van der Waals surface area (Å²) >= 11 is 1.74. The molecular weight excluding hydrogens is 244 g/mol. The van der Waals surface area contributed by atoms with Crippen molar-refractivity contribution in [2.24, 2.45) is 0 Å². The highest BCUT2D eigenvalue weighted by molar-refractivity contribution is 7.13. The highest BCUT2D eigenvalue weighted by atomic mass is 32.1. The number of thiazole rings is 1. The number of hydrogen-bond acceptors (Lipinski definition) is 5. The van der Waals surface area contributed by atoms with Crippen LogP contribution in [-0.4, -0.2) is 50.2 Å². The van der Waals surface area contributed by atoms with Crippen molar-refractivity contribution in [3.8, 4) is 0 Å². The van der Waals surface area contributed by atoms with Crippen molar-refractivity contribution < 1.29 is 0 Å². The molecule has 0 radical (unpaired) electrons. The first-order valence-corrected chi connectivity index (χ1v) is 7.43. The van der Waals surface area contributed by atoms with Crippen LogP contribution in [-0.2, 0) is 6.54 Å². The number of hydrogen-bond donors (Lipinski definition) is 1. The molecule has 0 saturated heterocycles. The van der Waals surface area contributed by atoms with Crippen molar-refractivity contribution >= 4 is 16.5 Å². The Hall–Kier alpha value is -0.650. The van der Waals surface area contributed by atoms with Gasteiger partial charge in [0.25, 0.3) is 0 Å². The maximum absolute atomic E-state index is 4.67. The molecule has 0 amide bonds. The van der Waals surface area contributed by atoms with Crippen LogP contribution in [0.25, 0.3) is 0 Å². The van der Waals surface area contributed by atoms with Crippen molar-refractivity contribution in [1.82, 2.24) is 15.2 Å². The van der Waals surface area contributed by atoms with E-state index in [1.165, 1.54) is 19.3 Å². The molecule has 1 saturated carbocycles. The average molecular weight is 268 g/mol. The van der Waals surface area contributed by atoms with E-state index in [2.05, 4.69) is 46.6 Å². The van der Waals surface area contributed by atoms with Crippen LogP contribution in [0.5, 0.6) is 0 Å². The van der Waals surface area contributed by atoms with E-state index in [1.54, 1.807) is 11.3 Å². The first-order valence-electron chi connectivity index (χ1n) is 6.55. The van der Waals surface area contributed by atoms with Gasteiger partial charge in [-0.15, -0.1) is 11.3 Å². The molecule has 4 nitrogen and oxygen atoms in total. The maximum atomic E-state index is 4.67. The number of nitrogens with one attached hydrogen (secondary N) is 1. The van der Waals surface area contributed by atoms with E-state index < -0.39 is 0 Å². The van der Waals surface area contributed by atoms with Crippen LogP contribution < -0.4 is 10.2 Å². The van der Waals surface area contributed by atoms with Crippen LogP contribution in [0.15, 0.2) is 5.38 Å². The Kier molecular flexibility index (Phi) is 4.25. The van der Waals surface area contributed by atoms with Crippen molar-refractivity contribution in [2.45, 2.75) is 31.3 Å². The molecule has 18 heavy (non-hydrogen) atoms. The van der Waals surface area contributed by atoms with E-state index in [4.69, 9.17) is 0 Å². The Morgan fingerprint density at radius 1 is 1.39 bits per heavy atom. The quantitative estimate of drug-likeness (QED) is 0.852. The minimum absolute atomic E-state index is 0.365. The van der Waals surface area contributed by atoms with E-state index >= 15 is 0 Å². The summed E-state index contributed by atoms with van der Waals surface area (Å²) in [7, 11) is 8.51. The highest BCUT2D eigenvalue weighted by Crippen LogP contribution is 2.37. The lowest BCUT2D eigenvalue weighted by Crippen LogP contribution is -2.56. The average Bonchev–Trinajstić information content (AvgIpc) is 2.71. The molecule has 0 atom stereocenters. The van der Waals surface area contributed by atoms with Crippen molar-refractivity contribution in [2.75, 3.05) is 39.6 Å². The van der Waals surface area contributed by atoms with E-state index in [0.717, 1.165) is 23.9 Å². The monoisotopic (exact) mass is 268 g/mol. The normalized spacial score (nSPS) is 17.8. The molecule has 1 aliphatic carbocycles. The summed E-state index contributed by atoms with van der Waals surface area (Å²) in [5, 5.41) is 6.42. The van der Waals surface area contributed by atoms with E-state index in [-0.39, 0.29) is 0 Å². The largest absolute Gasteiger partial charge is 0.349 e. The van der Waals surface area contributed by atoms with Gasteiger partial charge in [0.15, 0.2) is 5.13 Å². The van der Waals surface area contributed by atoms with Crippen LogP contribution in [0.4, 0.5) is 5.13 Å². The van der Waals surface area contributed by atoms with Crippen LogP contribution in [0.2, 0.25) is 0 Å². The van der Waals surface area contributed by atoms with E-state index in [0.29, 0.717) is 5.54 Å². The third-order valence-corrected chi connectivity index (χ3v) is 4.99. The zero-order chi connectivity index (χ0) is 13.2. The van der Waals surface area contributed by atoms with Crippen LogP contribution >= 0.6 is 11.3 Å².